The quantitative estimate of drug-likeness (QED) is 0.748. The molecular formula is C16H15N5O2. The Hall–Kier alpha value is -3.35. The van der Waals surface area contributed by atoms with E-state index in [1.165, 1.54) is 6.33 Å². The lowest BCUT2D eigenvalue weighted by Gasteiger charge is -2.13. The number of methoxy groups -OCH3 is 1. The highest BCUT2D eigenvalue weighted by Gasteiger charge is 2.12. The fraction of sp³-hybridized carbons (Fsp3) is 0.0625. The van der Waals surface area contributed by atoms with Crippen molar-refractivity contribution in [1.29, 1.82) is 0 Å². The van der Waals surface area contributed by atoms with Crippen LogP contribution in [0.2, 0.25) is 0 Å². The molecule has 7 heteroatoms. The van der Waals surface area contributed by atoms with E-state index in [1.807, 2.05) is 24.3 Å². The van der Waals surface area contributed by atoms with Crippen molar-refractivity contribution in [3.8, 4) is 17.4 Å². The van der Waals surface area contributed by atoms with Gasteiger partial charge in [-0.2, -0.15) is 4.98 Å². The molecule has 0 aliphatic heterocycles. The molecule has 0 fully saturated rings. The van der Waals surface area contributed by atoms with E-state index in [9.17, 15) is 0 Å². The van der Waals surface area contributed by atoms with Crippen molar-refractivity contribution < 1.29 is 9.47 Å². The van der Waals surface area contributed by atoms with Gasteiger partial charge in [0.1, 0.15) is 12.0 Å². The molecule has 1 aromatic carbocycles. The number of nitrogens with two attached hydrogens (primary N) is 1. The summed E-state index contributed by atoms with van der Waals surface area (Å²) in [5, 5.41) is 3.08. The Morgan fingerprint density at radius 1 is 1.04 bits per heavy atom. The van der Waals surface area contributed by atoms with Crippen molar-refractivity contribution >= 4 is 17.2 Å². The molecule has 0 atom stereocenters. The standard InChI is InChI=1S/C16H15N5O2/c1-22-12-6-2-3-7-13(12)23-16-14(17)15(19-10-20-16)21-11-5-4-8-18-9-11/h2-10H,17H2,1H3,(H,19,20,21). The molecule has 116 valence electrons. The Labute approximate surface area is 133 Å². The molecule has 0 bridgehead atoms. The van der Waals surface area contributed by atoms with Gasteiger partial charge in [-0.3, -0.25) is 4.98 Å². The van der Waals surface area contributed by atoms with Crippen LogP contribution in [0.3, 0.4) is 0 Å². The van der Waals surface area contributed by atoms with Crippen LogP contribution in [0.25, 0.3) is 0 Å². The van der Waals surface area contributed by atoms with E-state index in [-0.39, 0.29) is 5.88 Å². The predicted molar refractivity (Wildman–Crippen MR) is 87.0 cm³/mol. The zero-order chi connectivity index (χ0) is 16.1. The summed E-state index contributed by atoms with van der Waals surface area (Å²) in [5.74, 6) is 1.80. The Morgan fingerprint density at radius 2 is 1.87 bits per heavy atom. The maximum absolute atomic E-state index is 6.10. The van der Waals surface area contributed by atoms with Crippen LogP contribution in [-0.2, 0) is 0 Å². The number of benzene rings is 1. The van der Waals surface area contributed by atoms with Crippen LogP contribution in [-0.4, -0.2) is 22.1 Å². The summed E-state index contributed by atoms with van der Waals surface area (Å²) >= 11 is 0. The number of hydrogen-bond donors (Lipinski definition) is 2. The molecule has 0 spiro atoms. The van der Waals surface area contributed by atoms with Crippen molar-refractivity contribution in [2.45, 2.75) is 0 Å². The van der Waals surface area contributed by atoms with Gasteiger partial charge < -0.3 is 20.5 Å². The summed E-state index contributed by atoms with van der Waals surface area (Å²) in [6.45, 7) is 0. The van der Waals surface area contributed by atoms with Crippen molar-refractivity contribution in [2.24, 2.45) is 0 Å². The smallest absolute Gasteiger partial charge is 0.248 e. The van der Waals surface area contributed by atoms with Gasteiger partial charge in [-0.1, -0.05) is 12.1 Å². The molecule has 3 aromatic rings. The van der Waals surface area contributed by atoms with Gasteiger partial charge in [0.25, 0.3) is 0 Å². The summed E-state index contributed by atoms with van der Waals surface area (Å²) in [4.78, 5) is 12.2. The Bertz CT molecular complexity index is 795. The number of hydrogen-bond acceptors (Lipinski definition) is 7. The number of pyridine rings is 1. The number of nitrogens with one attached hydrogen (secondary N) is 1. The summed E-state index contributed by atoms with van der Waals surface area (Å²) < 4.78 is 11.0. The summed E-state index contributed by atoms with van der Waals surface area (Å²) in [6.07, 6.45) is 4.73. The summed E-state index contributed by atoms with van der Waals surface area (Å²) in [6, 6.07) is 10.9. The molecule has 23 heavy (non-hydrogen) atoms. The average molecular weight is 309 g/mol. The van der Waals surface area contributed by atoms with Gasteiger partial charge in [0.2, 0.25) is 5.88 Å². The molecule has 0 aliphatic carbocycles. The predicted octanol–water partition coefficient (Wildman–Crippen LogP) is 3.00. The third kappa shape index (κ3) is 3.29. The van der Waals surface area contributed by atoms with Crippen LogP contribution in [0, 0.1) is 0 Å². The maximum Gasteiger partial charge on any atom is 0.248 e. The molecule has 3 N–H and O–H groups in total. The van der Waals surface area contributed by atoms with E-state index >= 15 is 0 Å². The fourth-order valence-electron chi connectivity index (χ4n) is 1.94. The summed E-state index contributed by atoms with van der Waals surface area (Å²) in [5.41, 5.74) is 7.16. The minimum atomic E-state index is 0.246. The van der Waals surface area contributed by atoms with Gasteiger partial charge >= 0.3 is 0 Å². The third-order valence-electron chi connectivity index (χ3n) is 3.05. The minimum Gasteiger partial charge on any atom is -0.493 e. The third-order valence-corrected chi connectivity index (χ3v) is 3.05. The summed E-state index contributed by atoms with van der Waals surface area (Å²) in [7, 11) is 1.57. The second kappa shape index (κ2) is 6.61. The topological polar surface area (TPSA) is 95.2 Å². The molecule has 3 rings (SSSR count). The van der Waals surface area contributed by atoms with Crippen LogP contribution in [0.1, 0.15) is 0 Å². The number of nitrogen functional groups attached to an aromatic ring is 1. The Kier molecular flexibility index (Phi) is 4.19. The lowest BCUT2D eigenvalue weighted by molar-refractivity contribution is 0.374. The lowest BCUT2D eigenvalue weighted by Crippen LogP contribution is -2.03. The molecule has 2 heterocycles. The molecule has 7 nitrogen and oxygen atoms in total. The first-order valence-corrected chi connectivity index (χ1v) is 6.86. The number of aromatic nitrogens is 3. The molecule has 0 saturated heterocycles. The molecule has 2 aromatic heterocycles. The lowest BCUT2D eigenvalue weighted by atomic mass is 10.3. The van der Waals surface area contributed by atoms with Crippen LogP contribution in [0.15, 0.2) is 55.1 Å². The molecule has 0 amide bonds. The zero-order valence-corrected chi connectivity index (χ0v) is 12.4. The van der Waals surface area contributed by atoms with E-state index in [1.54, 1.807) is 31.6 Å². The molecule has 0 radical (unpaired) electrons. The van der Waals surface area contributed by atoms with E-state index < -0.39 is 0 Å². The maximum atomic E-state index is 6.10. The van der Waals surface area contributed by atoms with Crippen LogP contribution < -0.4 is 20.5 Å². The normalized spacial score (nSPS) is 10.1. The highest BCUT2D eigenvalue weighted by molar-refractivity contribution is 5.72. The largest absolute Gasteiger partial charge is 0.493 e. The highest BCUT2D eigenvalue weighted by Crippen LogP contribution is 2.34. The van der Waals surface area contributed by atoms with Crippen molar-refractivity contribution in [3.05, 3.63) is 55.1 Å². The second-order valence-electron chi connectivity index (χ2n) is 4.56. The van der Waals surface area contributed by atoms with Gasteiger partial charge in [0, 0.05) is 6.20 Å². The van der Waals surface area contributed by atoms with Crippen LogP contribution in [0.5, 0.6) is 17.4 Å². The van der Waals surface area contributed by atoms with E-state index in [0.717, 1.165) is 5.69 Å². The zero-order valence-electron chi connectivity index (χ0n) is 12.4. The van der Waals surface area contributed by atoms with Gasteiger partial charge in [-0.05, 0) is 24.3 Å². The Morgan fingerprint density at radius 3 is 2.61 bits per heavy atom. The second-order valence-corrected chi connectivity index (χ2v) is 4.56. The number of anilines is 3. The average Bonchev–Trinajstić information content (AvgIpc) is 2.60. The SMILES string of the molecule is COc1ccccc1Oc1ncnc(Nc2cccnc2)c1N. The van der Waals surface area contributed by atoms with Crippen molar-refractivity contribution in [1.82, 2.24) is 15.0 Å². The van der Waals surface area contributed by atoms with E-state index in [0.29, 0.717) is 23.0 Å². The van der Waals surface area contributed by atoms with Crippen molar-refractivity contribution in [2.75, 3.05) is 18.2 Å². The highest BCUT2D eigenvalue weighted by atomic mass is 16.5. The van der Waals surface area contributed by atoms with Gasteiger partial charge in [-0.25, -0.2) is 4.98 Å². The van der Waals surface area contributed by atoms with E-state index in [2.05, 4.69) is 20.3 Å². The van der Waals surface area contributed by atoms with Gasteiger partial charge in [0.05, 0.1) is 19.0 Å². The first-order valence-electron chi connectivity index (χ1n) is 6.86. The number of ether oxygens (including phenoxy) is 2. The molecule has 0 aliphatic rings. The number of rotatable bonds is 5. The Balaban J connectivity index is 1.88. The monoisotopic (exact) mass is 309 g/mol. The van der Waals surface area contributed by atoms with E-state index in [4.69, 9.17) is 15.2 Å². The fourth-order valence-corrected chi connectivity index (χ4v) is 1.94. The minimum absolute atomic E-state index is 0.246. The molecule has 0 saturated carbocycles. The van der Waals surface area contributed by atoms with Crippen LogP contribution >= 0.6 is 0 Å². The first kappa shape index (κ1) is 14.6. The van der Waals surface area contributed by atoms with Crippen molar-refractivity contribution in [3.63, 3.8) is 0 Å². The number of nitrogens with zero attached hydrogens (tertiary/aromatic N) is 3. The van der Waals surface area contributed by atoms with Gasteiger partial charge in [0.15, 0.2) is 17.3 Å². The van der Waals surface area contributed by atoms with Crippen LogP contribution in [0.4, 0.5) is 17.2 Å². The van der Waals surface area contributed by atoms with Gasteiger partial charge in [-0.15, -0.1) is 0 Å². The molecule has 0 unspecified atom stereocenters. The molecular weight excluding hydrogens is 294 g/mol. The first-order chi connectivity index (χ1) is 11.3. The number of para-hydroxylation sites is 2.